The van der Waals surface area contributed by atoms with Gasteiger partial charge in [-0.1, -0.05) is 41.9 Å². The van der Waals surface area contributed by atoms with E-state index in [9.17, 15) is 4.79 Å². The van der Waals surface area contributed by atoms with Gasteiger partial charge in [0.15, 0.2) is 0 Å². The molecule has 22 heavy (non-hydrogen) atoms. The Morgan fingerprint density at radius 2 is 1.91 bits per heavy atom. The van der Waals surface area contributed by atoms with E-state index in [0.29, 0.717) is 5.02 Å². The minimum absolute atomic E-state index is 0.0236. The molecule has 5 heteroatoms. The van der Waals surface area contributed by atoms with Gasteiger partial charge in [0, 0.05) is 16.9 Å². The number of para-hydroxylation sites is 1. The van der Waals surface area contributed by atoms with Gasteiger partial charge < -0.3 is 10.6 Å². The molecule has 0 bridgehead atoms. The number of amidine groups is 1. The number of hydrogen-bond donors (Lipinski definition) is 3. The van der Waals surface area contributed by atoms with Gasteiger partial charge in [-0.3, -0.25) is 10.2 Å². The average Bonchev–Trinajstić information content (AvgIpc) is 2.48. The van der Waals surface area contributed by atoms with Crippen molar-refractivity contribution >= 4 is 29.0 Å². The minimum atomic E-state index is -0.253. The van der Waals surface area contributed by atoms with Crippen LogP contribution in [-0.4, -0.2) is 11.7 Å². The number of carbonyl (C=O) groups excluding carboxylic acids is 1. The van der Waals surface area contributed by atoms with Gasteiger partial charge >= 0.3 is 0 Å². The number of nitrogens with one attached hydrogen (secondary N) is 3. The lowest BCUT2D eigenvalue weighted by Crippen LogP contribution is -2.29. The number of benzene rings is 2. The molecule has 3 N–H and O–H groups in total. The van der Waals surface area contributed by atoms with Crippen molar-refractivity contribution in [3.8, 4) is 0 Å². The fourth-order valence-corrected chi connectivity index (χ4v) is 2.04. The normalized spacial score (nSPS) is 10.4. The molecule has 0 saturated carbocycles. The van der Waals surface area contributed by atoms with Gasteiger partial charge in [-0.25, -0.2) is 0 Å². The Kier molecular flexibility index (Phi) is 5.74. The van der Waals surface area contributed by atoms with E-state index in [-0.39, 0.29) is 18.2 Å². The molecule has 4 nitrogen and oxygen atoms in total. The van der Waals surface area contributed by atoms with Crippen molar-refractivity contribution in [1.82, 2.24) is 5.32 Å². The molecule has 0 spiro atoms. The van der Waals surface area contributed by atoms with Crippen molar-refractivity contribution in [3.05, 3.63) is 77.5 Å². The summed E-state index contributed by atoms with van der Waals surface area (Å²) in [6.07, 6.45) is 3.28. The van der Waals surface area contributed by atoms with E-state index in [1.165, 1.54) is 6.08 Å². The first-order valence-corrected chi connectivity index (χ1v) is 7.12. The third kappa shape index (κ3) is 5.42. The van der Waals surface area contributed by atoms with Crippen molar-refractivity contribution < 1.29 is 4.79 Å². The third-order valence-electron chi connectivity index (χ3n) is 2.80. The fourth-order valence-electron chi connectivity index (χ4n) is 1.82. The van der Waals surface area contributed by atoms with Crippen molar-refractivity contribution in [1.29, 1.82) is 5.41 Å². The fraction of sp³-hybridized carbons (Fsp3) is 0.0588. The second-order valence-electron chi connectivity index (χ2n) is 4.61. The first-order chi connectivity index (χ1) is 10.6. The summed E-state index contributed by atoms with van der Waals surface area (Å²) in [5.41, 5.74) is 1.72. The summed E-state index contributed by atoms with van der Waals surface area (Å²) in [4.78, 5) is 11.8. The van der Waals surface area contributed by atoms with Crippen molar-refractivity contribution in [2.24, 2.45) is 0 Å². The molecule has 2 aromatic rings. The minimum Gasteiger partial charge on any atom is -0.362 e. The zero-order valence-corrected chi connectivity index (χ0v) is 12.6. The molecule has 0 heterocycles. The molecule has 0 aliphatic rings. The maximum atomic E-state index is 11.8. The first kappa shape index (κ1) is 15.8. The molecule has 112 valence electrons. The highest BCUT2D eigenvalue weighted by Gasteiger charge is 2.04. The molecule has 1 amide bonds. The van der Waals surface area contributed by atoms with Crippen molar-refractivity contribution in [2.45, 2.75) is 6.42 Å². The van der Waals surface area contributed by atoms with E-state index < -0.39 is 0 Å². The summed E-state index contributed by atoms with van der Waals surface area (Å²) < 4.78 is 0. The predicted octanol–water partition coefficient (Wildman–Crippen LogP) is 3.60. The van der Waals surface area contributed by atoms with Crippen LogP contribution >= 0.6 is 11.6 Å². The molecular weight excluding hydrogens is 298 g/mol. The van der Waals surface area contributed by atoms with Gasteiger partial charge in [-0.2, -0.15) is 0 Å². The van der Waals surface area contributed by atoms with Crippen LogP contribution in [0.15, 0.2) is 66.9 Å². The lowest BCUT2D eigenvalue weighted by Gasteiger charge is -2.04. The molecule has 0 unspecified atom stereocenters. The highest BCUT2D eigenvalue weighted by atomic mass is 35.5. The number of hydrogen-bond acceptors (Lipinski definition) is 3. The van der Waals surface area contributed by atoms with E-state index in [0.717, 1.165) is 11.3 Å². The van der Waals surface area contributed by atoms with Crippen LogP contribution in [0.2, 0.25) is 5.02 Å². The smallest absolute Gasteiger partial charge is 0.229 e. The monoisotopic (exact) mass is 313 g/mol. The van der Waals surface area contributed by atoms with Gasteiger partial charge in [0.05, 0.1) is 6.42 Å². The SMILES string of the molecule is N=C(/C=C\Nc1ccccc1)NC(=O)Cc1cccc(Cl)c1. The second kappa shape index (κ2) is 8.00. The summed E-state index contributed by atoms with van der Waals surface area (Å²) in [7, 11) is 0. The molecule has 0 aliphatic heterocycles. The zero-order valence-electron chi connectivity index (χ0n) is 11.8. The van der Waals surface area contributed by atoms with Gasteiger partial charge in [-0.15, -0.1) is 0 Å². The predicted molar refractivity (Wildman–Crippen MR) is 90.2 cm³/mol. The number of carbonyl (C=O) groups is 1. The van der Waals surface area contributed by atoms with Crippen LogP contribution in [0.25, 0.3) is 0 Å². The lowest BCUT2D eigenvalue weighted by atomic mass is 10.1. The second-order valence-corrected chi connectivity index (χ2v) is 5.05. The Labute approximate surface area is 134 Å². The highest BCUT2D eigenvalue weighted by Crippen LogP contribution is 2.11. The standard InChI is InChI=1S/C17H16ClN3O/c18-14-6-4-5-13(11-14)12-17(22)21-16(19)9-10-20-15-7-2-1-3-8-15/h1-11,20H,12H2,(H2,19,21,22)/b10-9-. The van der Waals surface area contributed by atoms with Gasteiger partial charge in [0.2, 0.25) is 5.91 Å². The summed E-state index contributed by atoms with van der Waals surface area (Å²) in [6.45, 7) is 0. The van der Waals surface area contributed by atoms with Crippen LogP contribution in [0, 0.1) is 5.41 Å². The number of halogens is 1. The molecular formula is C17H16ClN3O. The number of amides is 1. The van der Waals surface area contributed by atoms with Crippen LogP contribution < -0.4 is 10.6 Å². The van der Waals surface area contributed by atoms with Crippen LogP contribution in [-0.2, 0) is 11.2 Å². The van der Waals surface area contributed by atoms with Gasteiger partial charge in [0.1, 0.15) is 5.84 Å². The molecule has 0 saturated heterocycles. The van der Waals surface area contributed by atoms with Gasteiger partial charge in [-0.05, 0) is 35.9 Å². The highest BCUT2D eigenvalue weighted by molar-refractivity contribution is 6.30. The molecule has 0 atom stereocenters. The van der Waals surface area contributed by atoms with E-state index in [1.807, 2.05) is 36.4 Å². The van der Waals surface area contributed by atoms with E-state index in [1.54, 1.807) is 24.4 Å². The zero-order chi connectivity index (χ0) is 15.8. The quantitative estimate of drug-likeness (QED) is 0.583. The Morgan fingerprint density at radius 1 is 1.14 bits per heavy atom. The Balaban J connectivity index is 1.80. The first-order valence-electron chi connectivity index (χ1n) is 6.74. The summed E-state index contributed by atoms with van der Waals surface area (Å²) in [5.74, 6) is -0.230. The Bertz CT molecular complexity index is 683. The number of rotatable bonds is 5. The summed E-state index contributed by atoms with van der Waals surface area (Å²) in [5, 5.41) is 13.8. The summed E-state index contributed by atoms with van der Waals surface area (Å²) >= 11 is 5.87. The molecule has 0 aliphatic carbocycles. The maximum Gasteiger partial charge on any atom is 0.229 e. The molecule has 0 aromatic heterocycles. The summed E-state index contributed by atoms with van der Waals surface area (Å²) in [6, 6.07) is 16.7. The van der Waals surface area contributed by atoms with Crippen LogP contribution in [0.4, 0.5) is 5.69 Å². The average molecular weight is 314 g/mol. The van der Waals surface area contributed by atoms with E-state index in [4.69, 9.17) is 17.0 Å². The van der Waals surface area contributed by atoms with E-state index >= 15 is 0 Å². The molecule has 0 radical (unpaired) electrons. The van der Waals surface area contributed by atoms with Crippen molar-refractivity contribution in [2.75, 3.05) is 5.32 Å². The lowest BCUT2D eigenvalue weighted by molar-refractivity contribution is -0.119. The van der Waals surface area contributed by atoms with Crippen LogP contribution in [0.3, 0.4) is 0 Å². The maximum absolute atomic E-state index is 11.8. The van der Waals surface area contributed by atoms with Gasteiger partial charge in [0.25, 0.3) is 0 Å². The molecule has 0 fully saturated rings. The largest absolute Gasteiger partial charge is 0.362 e. The molecule has 2 rings (SSSR count). The topological polar surface area (TPSA) is 65.0 Å². The van der Waals surface area contributed by atoms with Crippen LogP contribution in [0.1, 0.15) is 5.56 Å². The Hall–Kier alpha value is -2.59. The number of anilines is 1. The third-order valence-corrected chi connectivity index (χ3v) is 3.04. The Morgan fingerprint density at radius 3 is 2.64 bits per heavy atom. The molecule has 2 aromatic carbocycles. The van der Waals surface area contributed by atoms with E-state index in [2.05, 4.69) is 10.6 Å². The van der Waals surface area contributed by atoms with Crippen molar-refractivity contribution in [3.63, 3.8) is 0 Å². The van der Waals surface area contributed by atoms with Crippen LogP contribution in [0.5, 0.6) is 0 Å².